The highest BCUT2D eigenvalue weighted by molar-refractivity contribution is 6.36. The molecule has 0 aliphatic carbocycles. The summed E-state index contributed by atoms with van der Waals surface area (Å²) in [6.07, 6.45) is 1.54. The van der Waals surface area contributed by atoms with Crippen LogP contribution in [0, 0.1) is 0 Å². The molecule has 2 aromatic carbocycles. The molecule has 138 valence electrons. The molecule has 0 fully saturated rings. The Bertz CT molecular complexity index is 1230. The lowest BCUT2D eigenvalue weighted by Gasteiger charge is -2.07. The van der Waals surface area contributed by atoms with E-state index in [2.05, 4.69) is 15.0 Å². The lowest BCUT2D eigenvalue weighted by Crippen LogP contribution is -2.02. The van der Waals surface area contributed by atoms with Crippen molar-refractivity contribution < 1.29 is 9.90 Å². The number of halogens is 1. The summed E-state index contributed by atoms with van der Waals surface area (Å²) in [5.74, 6) is -0.532. The number of nitrogens with one attached hydrogen (secondary N) is 2. The predicted molar refractivity (Wildman–Crippen MR) is 107 cm³/mol. The second kappa shape index (κ2) is 7.17. The van der Waals surface area contributed by atoms with Crippen LogP contribution in [0.1, 0.15) is 10.4 Å². The summed E-state index contributed by atoms with van der Waals surface area (Å²) in [7, 11) is 0. The number of H-pyrrole nitrogens is 2. The fraction of sp³-hybridized carbons (Fsp3) is 0. The fourth-order valence-electron chi connectivity index (χ4n) is 2.99. The summed E-state index contributed by atoms with van der Waals surface area (Å²) in [6, 6.07) is 17.4. The minimum absolute atomic E-state index is 0.00751. The molecule has 0 bridgehead atoms. The second-order valence-electron chi connectivity index (χ2n) is 6.09. The maximum absolute atomic E-state index is 11.8. The van der Waals surface area contributed by atoms with Crippen molar-refractivity contribution in [1.82, 2.24) is 15.0 Å². The van der Waals surface area contributed by atoms with E-state index in [4.69, 9.17) is 11.6 Å². The van der Waals surface area contributed by atoms with E-state index >= 15 is 0 Å². The van der Waals surface area contributed by atoms with Crippen molar-refractivity contribution >= 4 is 17.6 Å². The first-order valence-electron chi connectivity index (χ1n) is 8.41. The van der Waals surface area contributed by atoms with Gasteiger partial charge < -0.3 is 15.1 Å². The molecule has 0 amide bonds. The molecule has 6 nitrogen and oxygen atoms in total. The van der Waals surface area contributed by atoms with Crippen LogP contribution >= 0.6 is 11.6 Å². The highest BCUT2D eigenvalue weighted by atomic mass is 35.5. The molecule has 0 aliphatic rings. The van der Waals surface area contributed by atoms with E-state index in [1.54, 1.807) is 18.2 Å². The number of aromatic carboxylic acids is 1. The average Bonchev–Trinajstić information content (AvgIpc) is 3.14. The lowest BCUT2D eigenvalue weighted by molar-refractivity contribution is 0.0697. The zero-order valence-corrected chi connectivity index (χ0v) is 15.2. The molecule has 4 aromatic rings. The van der Waals surface area contributed by atoms with E-state index in [-0.39, 0.29) is 16.1 Å². The van der Waals surface area contributed by atoms with E-state index < -0.39 is 5.97 Å². The quantitative estimate of drug-likeness (QED) is 0.478. The van der Waals surface area contributed by atoms with Gasteiger partial charge in [0.2, 0.25) is 5.56 Å². The van der Waals surface area contributed by atoms with Crippen molar-refractivity contribution in [2.45, 2.75) is 0 Å². The van der Waals surface area contributed by atoms with Gasteiger partial charge in [-0.1, -0.05) is 54.1 Å². The zero-order valence-electron chi connectivity index (χ0n) is 14.4. The summed E-state index contributed by atoms with van der Waals surface area (Å²) in [5, 5.41) is 9.49. The average molecular weight is 392 g/mol. The summed E-state index contributed by atoms with van der Waals surface area (Å²) < 4.78 is 0. The van der Waals surface area contributed by atoms with E-state index in [9.17, 15) is 14.7 Å². The van der Waals surface area contributed by atoms with Crippen LogP contribution < -0.4 is 5.56 Å². The molecule has 2 aromatic heterocycles. The molecule has 28 heavy (non-hydrogen) atoms. The molecule has 3 N–H and O–H groups in total. The molecule has 0 radical (unpaired) electrons. The minimum Gasteiger partial charge on any atom is -0.478 e. The van der Waals surface area contributed by atoms with Crippen LogP contribution in [0.25, 0.3) is 33.9 Å². The Morgan fingerprint density at radius 2 is 1.79 bits per heavy atom. The number of aromatic amines is 2. The normalized spacial score (nSPS) is 10.8. The van der Waals surface area contributed by atoms with Gasteiger partial charge in [0.1, 0.15) is 5.82 Å². The predicted octanol–water partition coefficient (Wildman–Crippen LogP) is 4.45. The van der Waals surface area contributed by atoms with Crippen molar-refractivity contribution in [3.8, 4) is 33.9 Å². The lowest BCUT2D eigenvalue weighted by atomic mass is 10.0. The highest BCUT2D eigenvalue weighted by Gasteiger charge is 2.20. The summed E-state index contributed by atoms with van der Waals surface area (Å²) in [6.45, 7) is 0. The molecule has 2 heterocycles. The maximum atomic E-state index is 11.8. The van der Waals surface area contributed by atoms with Gasteiger partial charge in [-0.15, -0.1) is 0 Å². The van der Waals surface area contributed by atoms with E-state index in [1.165, 1.54) is 18.3 Å². The number of carboxylic acids is 1. The molecule has 0 atom stereocenters. The molecule has 0 aliphatic heterocycles. The summed E-state index contributed by atoms with van der Waals surface area (Å²) >= 11 is 6.39. The molecule has 7 heteroatoms. The smallest absolute Gasteiger partial charge is 0.337 e. The van der Waals surface area contributed by atoms with Gasteiger partial charge in [0.05, 0.1) is 22.0 Å². The van der Waals surface area contributed by atoms with Gasteiger partial charge in [0.25, 0.3) is 0 Å². The third-order valence-electron chi connectivity index (χ3n) is 4.30. The summed E-state index contributed by atoms with van der Waals surface area (Å²) in [5.41, 5.74) is 2.71. The van der Waals surface area contributed by atoms with E-state index in [0.29, 0.717) is 28.3 Å². The van der Waals surface area contributed by atoms with Crippen LogP contribution in [0.5, 0.6) is 0 Å². The van der Waals surface area contributed by atoms with Gasteiger partial charge >= 0.3 is 5.97 Å². The van der Waals surface area contributed by atoms with Crippen molar-refractivity contribution in [3.63, 3.8) is 0 Å². The zero-order chi connectivity index (χ0) is 19.7. The number of rotatable bonds is 4. The summed E-state index contributed by atoms with van der Waals surface area (Å²) in [4.78, 5) is 33.8. The molecule has 0 spiro atoms. The second-order valence-corrected chi connectivity index (χ2v) is 6.47. The topological polar surface area (TPSA) is 98.8 Å². The number of imidazole rings is 1. The number of carboxylic acid groups (broad SMARTS) is 1. The van der Waals surface area contributed by atoms with Gasteiger partial charge in [0.15, 0.2) is 0 Å². The first-order chi connectivity index (χ1) is 13.5. The van der Waals surface area contributed by atoms with Crippen LogP contribution in [0.4, 0.5) is 0 Å². The van der Waals surface area contributed by atoms with Crippen LogP contribution in [0.15, 0.2) is 71.7 Å². The Kier molecular flexibility index (Phi) is 4.55. The first kappa shape index (κ1) is 17.8. The number of nitrogens with zero attached hydrogens (tertiary/aromatic N) is 1. The van der Waals surface area contributed by atoms with Crippen LogP contribution in [0.3, 0.4) is 0 Å². The van der Waals surface area contributed by atoms with E-state index in [1.807, 2.05) is 30.3 Å². The van der Waals surface area contributed by atoms with E-state index in [0.717, 1.165) is 5.56 Å². The number of pyridine rings is 1. The van der Waals surface area contributed by atoms with Gasteiger partial charge in [-0.05, 0) is 12.1 Å². The van der Waals surface area contributed by atoms with Crippen LogP contribution in [-0.4, -0.2) is 26.0 Å². The number of aromatic nitrogens is 3. The number of carbonyl (C=O) groups is 1. The maximum Gasteiger partial charge on any atom is 0.337 e. The largest absolute Gasteiger partial charge is 0.478 e. The SMILES string of the molecule is O=C(O)c1cccc(-c2[nH]c(-c3ccccc3)nc2-c2cc[nH]c(=O)c2)c1Cl. The Balaban J connectivity index is 1.99. The fourth-order valence-corrected chi connectivity index (χ4v) is 3.29. The third-order valence-corrected chi connectivity index (χ3v) is 4.71. The number of hydrogen-bond donors (Lipinski definition) is 3. The van der Waals surface area contributed by atoms with Crippen molar-refractivity contribution in [2.75, 3.05) is 0 Å². The molecule has 0 saturated carbocycles. The van der Waals surface area contributed by atoms with Crippen molar-refractivity contribution in [3.05, 3.63) is 87.8 Å². The van der Waals surface area contributed by atoms with Crippen LogP contribution in [-0.2, 0) is 0 Å². The Morgan fingerprint density at radius 3 is 2.50 bits per heavy atom. The Labute approximate surface area is 164 Å². The Hall–Kier alpha value is -3.64. The van der Waals surface area contributed by atoms with Gasteiger partial charge in [-0.2, -0.15) is 0 Å². The first-order valence-corrected chi connectivity index (χ1v) is 8.79. The van der Waals surface area contributed by atoms with Crippen molar-refractivity contribution in [1.29, 1.82) is 0 Å². The molecule has 0 unspecified atom stereocenters. The van der Waals surface area contributed by atoms with Gasteiger partial charge in [0, 0.05) is 29.0 Å². The van der Waals surface area contributed by atoms with Crippen molar-refractivity contribution in [2.24, 2.45) is 0 Å². The van der Waals surface area contributed by atoms with Gasteiger partial charge in [-0.3, -0.25) is 4.79 Å². The standard InChI is InChI=1S/C21H14ClN3O3/c22-17-14(7-4-8-15(17)21(27)28)19-18(13-9-10-23-16(26)11-13)24-20(25-19)12-5-2-1-3-6-12/h1-11H,(H,23,26)(H,24,25)(H,27,28). The van der Waals surface area contributed by atoms with Crippen LogP contribution in [0.2, 0.25) is 5.02 Å². The minimum atomic E-state index is -1.12. The number of benzene rings is 2. The van der Waals surface area contributed by atoms with Gasteiger partial charge in [-0.25, -0.2) is 9.78 Å². The molecule has 0 saturated heterocycles. The monoisotopic (exact) mass is 391 g/mol. The Morgan fingerprint density at radius 1 is 1.00 bits per heavy atom. The number of hydrogen-bond acceptors (Lipinski definition) is 3. The molecule has 4 rings (SSSR count). The third kappa shape index (κ3) is 3.21. The highest BCUT2D eigenvalue weighted by Crippen LogP contribution is 2.37. The molecular formula is C21H14ClN3O3. The molecular weight excluding hydrogens is 378 g/mol.